The Hall–Kier alpha value is -2.56. The maximum Gasteiger partial charge on any atom is 0.413 e. The van der Waals surface area contributed by atoms with Gasteiger partial charge < -0.3 is 9.64 Å². The van der Waals surface area contributed by atoms with Gasteiger partial charge in [0.05, 0.1) is 19.2 Å². The number of benzene rings is 2. The number of fused-ring (bicyclic) bond motifs is 1. The number of ether oxygens (including phenoxy) is 1. The molecule has 23 heavy (non-hydrogen) atoms. The molecule has 1 N–H and O–H groups in total. The second-order valence-corrected chi connectivity index (χ2v) is 5.62. The Bertz CT molecular complexity index is 737. The van der Waals surface area contributed by atoms with Gasteiger partial charge in [0.15, 0.2) is 0 Å². The van der Waals surface area contributed by atoms with Crippen molar-refractivity contribution < 1.29 is 9.53 Å². The summed E-state index contributed by atoms with van der Waals surface area (Å²) >= 11 is 0. The number of nitrogens with zero attached hydrogens (tertiary/aromatic N) is 2. The minimum Gasteiger partial charge on any atom is -0.449 e. The molecule has 1 heterocycles. The summed E-state index contributed by atoms with van der Waals surface area (Å²) < 4.78 is 5.06. The van der Waals surface area contributed by atoms with E-state index in [2.05, 4.69) is 40.6 Å². The number of alkyl carbamates (subject to hydrolysis) is 1. The lowest BCUT2D eigenvalue weighted by Gasteiger charge is -2.24. The molecule has 1 unspecified atom stereocenters. The highest BCUT2D eigenvalue weighted by atomic mass is 16.5. The van der Waals surface area contributed by atoms with E-state index in [0.717, 1.165) is 6.42 Å². The van der Waals surface area contributed by atoms with E-state index in [-0.39, 0.29) is 6.04 Å². The normalized spacial score (nSPS) is 17.2. The van der Waals surface area contributed by atoms with Crippen LogP contribution in [0.4, 0.5) is 4.79 Å². The van der Waals surface area contributed by atoms with E-state index in [1.807, 2.05) is 31.0 Å². The van der Waals surface area contributed by atoms with Crippen molar-refractivity contribution >= 4 is 22.8 Å². The third-order valence-electron chi connectivity index (χ3n) is 4.05. The zero-order chi connectivity index (χ0) is 16.2. The standard InChI is InChI=1S/C18H21N3O2/c1-3-11-23-18(22)20-17-19-12-16(21(17)2)15-10-6-8-13-7-4-5-9-14(13)15/h4-10,16H,3,11-12H2,1-2H3,(H,19,20,22). The molecule has 0 aliphatic carbocycles. The average Bonchev–Trinajstić information content (AvgIpc) is 2.93. The fraction of sp³-hybridized carbons (Fsp3) is 0.333. The highest BCUT2D eigenvalue weighted by Crippen LogP contribution is 2.30. The molecular weight excluding hydrogens is 290 g/mol. The van der Waals surface area contributed by atoms with Crippen molar-refractivity contribution in [3.05, 3.63) is 48.0 Å². The zero-order valence-corrected chi connectivity index (χ0v) is 13.5. The third kappa shape index (κ3) is 3.13. The Morgan fingerprint density at radius 1 is 1.30 bits per heavy atom. The average molecular weight is 311 g/mol. The SMILES string of the molecule is CCCOC(=O)NC1=NCC(c2cccc3ccccc23)N1C. The van der Waals surface area contributed by atoms with Crippen LogP contribution in [0.15, 0.2) is 47.5 Å². The summed E-state index contributed by atoms with van der Waals surface area (Å²) in [5, 5.41) is 5.16. The van der Waals surface area contributed by atoms with E-state index in [1.54, 1.807) is 0 Å². The van der Waals surface area contributed by atoms with Crippen molar-refractivity contribution in [2.75, 3.05) is 20.2 Å². The lowest BCUT2D eigenvalue weighted by atomic mass is 9.98. The minimum absolute atomic E-state index is 0.113. The van der Waals surface area contributed by atoms with Crippen molar-refractivity contribution in [3.8, 4) is 0 Å². The summed E-state index contributed by atoms with van der Waals surface area (Å²) in [5.41, 5.74) is 1.22. The molecule has 0 spiro atoms. The predicted octanol–water partition coefficient (Wildman–Crippen LogP) is 3.32. The van der Waals surface area contributed by atoms with E-state index in [9.17, 15) is 4.79 Å². The first-order valence-electron chi connectivity index (χ1n) is 7.89. The molecule has 0 aromatic heterocycles. The number of likely N-dealkylation sites (N-methyl/N-ethyl adjacent to an activating group) is 1. The van der Waals surface area contributed by atoms with Gasteiger partial charge >= 0.3 is 6.09 Å². The first-order chi connectivity index (χ1) is 11.2. The predicted molar refractivity (Wildman–Crippen MR) is 91.5 cm³/mol. The Morgan fingerprint density at radius 3 is 2.91 bits per heavy atom. The Balaban J connectivity index is 1.77. The van der Waals surface area contributed by atoms with Gasteiger partial charge in [0.25, 0.3) is 0 Å². The van der Waals surface area contributed by atoms with Crippen LogP contribution in [-0.4, -0.2) is 37.2 Å². The highest BCUT2D eigenvalue weighted by molar-refractivity contribution is 5.95. The zero-order valence-electron chi connectivity index (χ0n) is 13.5. The summed E-state index contributed by atoms with van der Waals surface area (Å²) in [4.78, 5) is 18.2. The van der Waals surface area contributed by atoms with Crippen LogP contribution in [0.3, 0.4) is 0 Å². The first kappa shape index (κ1) is 15.3. The molecule has 1 atom stereocenters. The van der Waals surface area contributed by atoms with Crippen molar-refractivity contribution in [3.63, 3.8) is 0 Å². The summed E-state index contributed by atoms with van der Waals surface area (Å²) in [6, 6.07) is 14.7. The van der Waals surface area contributed by atoms with Gasteiger partial charge in [-0.2, -0.15) is 0 Å². The summed E-state index contributed by atoms with van der Waals surface area (Å²) in [7, 11) is 1.94. The molecular formula is C18H21N3O2. The van der Waals surface area contributed by atoms with Crippen molar-refractivity contribution in [2.45, 2.75) is 19.4 Å². The molecule has 1 aliphatic heterocycles. The van der Waals surface area contributed by atoms with Gasteiger partial charge in [-0.3, -0.25) is 10.3 Å². The third-order valence-corrected chi connectivity index (χ3v) is 4.05. The number of carbonyl (C=O) groups is 1. The largest absolute Gasteiger partial charge is 0.449 e. The maximum atomic E-state index is 11.7. The van der Waals surface area contributed by atoms with E-state index >= 15 is 0 Å². The Labute approximate surface area is 136 Å². The number of nitrogens with one attached hydrogen (secondary N) is 1. The molecule has 5 nitrogen and oxygen atoms in total. The molecule has 5 heteroatoms. The molecule has 1 amide bonds. The van der Waals surface area contributed by atoms with Gasteiger partial charge in [0, 0.05) is 7.05 Å². The minimum atomic E-state index is -0.448. The van der Waals surface area contributed by atoms with Crippen molar-refractivity contribution in [2.24, 2.45) is 4.99 Å². The fourth-order valence-electron chi connectivity index (χ4n) is 2.85. The van der Waals surface area contributed by atoms with Crippen molar-refractivity contribution in [1.82, 2.24) is 10.2 Å². The van der Waals surface area contributed by atoms with Gasteiger partial charge in [0.2, 0.25) is 5.96 Å². The fourth-order valence-corrected chi connectivity index (χ4v) is 2.85. The van der Waals surface area contributed by atoms with E-state index in [1.165, 1.54) is 16.3 Å². The van der Waals surface area contributed by atoms with Crippen molar-refractivity contribution in [1.29, 1.82) is 0 Å². The number of rotatable bonds is 3. The van der Waals surface area contributed by atoms with Gasteiger partial charge in [-0.05, 0) is 22.8 Å². The van der Waals surface area contributed by atoms with E-state index in [4.69, 9.17) is 4.74 Å². The molecule has 0 fully saturated rings. The molecule has 0 saturated carbocycles. The number of hydrogen-bond acceptors (Lipinski definition) is 4. The molecule has 2 aromatic rings. The van der Waals surface area contributed by atoms with Gasteiger partial charge in [-0.15, -0.1) is 0 Å². The molecule has 2 aromatic carbocycles. The second kappa shape index (κ2) is 6.69. The number of amides is 1. The molecule has 0 saturated heterocycles. The first-order valence-corrected chi connectivity index (χ1v) is 7.89. The van der Waals surface area contributed by atoms with Crippen LogP contribution in [0.25, 0.3) is 10.8 Å². The molecule has 3 rings (SSSR count). The topological polar surface area (TPSA) is 53.9 Å². The monoisotopic (exact) mass is 311 g/mol. The van der Waals surface area contributed by atoms with Crippen LogP contribution in [0, 0.1) is 0 Å². The maximum absolute atomic E-state index is 11.7. The Kier molecular flexibility index (Phi) is 4.46. The smallest absolute Gasteiger partial charge is 0.413 e. The number of guanidine groups is 1. The number of hydrogen-bond donors (Lipinski definition) is 1. The van der Waals surface area contributed by atoms with Crippen LogP contribution < -0.4 is 5.32 Å². The summed E-state index contributed by atoms with van der Waals surface area (Å²) in [5.74, 6) is 0.559. The van der Waals surface area contributed by atoms with Crippen LogP contribution in [0.2, 0.25) is 0 Å². The quantitative estimate of drug-likeness (QED) is 0.946. The lowest BCUT2D eigenvalue weighted by Crippen LogP contribution is -2.40. The number of carbonyl (C=O) groups excluding carboxylic acids is 1. The van der Waals surface area contributed by atoms with Crippen LogP contribution in [0.5, 0.6) is 0 Å². The van der Waals surface area contributed by atoms with E-state index < -0.39 is 6.09 Å². The van der Waals surface area contributed by atoms with Gasteiger partial charge in [0.1, 0.15) is 0 Å². The van der Waals surface area contributed by atoms with Crippen LogP contribution in [0.1, 0.15) is 24.9 Å². The number of aliphatic imine (C=N–C) groups is 1. The molecule has 0 bridgehead atoms. The molecule has 1 aliphatic rings. The van der Waals surface area contributed by atoms with Crippen LogP contribution >= 0.6 is 0 Å². The summed E-state index contributed by atoms with van der Waals surface area (Å²) in [6.45, 7) is 2.99. The molecule has 0 radical (unpaired) electrons. The summed E-state index contributed by atoms with van der Waals surface area (Å²) in [6.07, 6.45) is 0.352. The highest BCUT2D eigenvalue weighted by Gasteiger charge is 2.28. The van der Waals surface area contributed by atoms with Gasteiger partial charge in [-0.1, -0.05) is 49.4 Å². The lowest BCUT2D eigenvalue weighted by molar-refractivity contribution is 0.150. The van der Waals surface area contributed by atoms with Crippen LogP contribution in [-0.2, 0) is 4.74 Å². The molecule has 120 valence electrons. The Morgan fingerprint density at radius 2 is 2.09 bits per heavy atom. The second-order valence-electron chi connectivity index (χ2n) is 5.62. The van der Waals surface area contributed by atoms with Gasteiger partial charge in [-0.25, -0.2) is 4.79 Å². The van der Waals surface area contributed by atoms with E-state index in [0.29, 0.717) is 19.1 Å².